The van der Waals surface area contributed by atoms with Crippen molar-refractivity contribution in [2.45, 2.75) is 0 Å². The van der Waals surface area contributed by atoms with Crippen LogP contribution in [0.5, 0.6) is 0 Å². The predicted octanol–water partition coefficient (Wildman–Crippen LogP) is 11.8. The topological polar surface area (TPSA) is 51.6 Å². The van der Waals surface area contributed by atoms with Crippen molar-refractivity contribution in [3.8, 4) is 44.9 Å². The Morgan fingerprint density at radius 2 is 1.00 bits per heavy atom. The van der Waals surface area contributed by atoms with E-state index >= 15 is 0 Å². The monoisotopic (exact) mass is 648 g/mol. The van der Waals surface area contributed by atoms with Crippen LogP contribution in [0.15, 0.2) is 146 Å². The van der Waals surface area contributed by atoms with Crippen LogP contribution in [0.4, 0.5) is 0 Å². The molecule has 4 nitrogen and oxygen atoms in total. The predicted molar refractivity (Wildman–Crippen MR) is 203 cm³/mol. The van der Waals surface area contributed by atoms with Crippen LogP contribution in [-0.2, 0) is 0 Å². The third kappa shape index (κ3) is 4.49. The summed E-state index contributed by atoms with van der Waals surface area (Å²) < 4.78 is 3.55. The van der Waals surface area contributed by atoms with Gasteiger partial charge in [-0.2, -0.15) is 0 Å². The summed E-state index contributed by atoms with van der Waals surface area (Å²) in [5, 5.41) is 2.33. The summed E-state index contributed by atoms with van der Waals surface area (Å²) in [6.07, 6.45) is 0. The SMILES string of the molecule is c1ccc(-c2nc(-c3ccc(-c4cccc(-c5ccc6nc7sc8ccccc8c7nc6c5)c4)cc3)nc3c2sc2ccccc23)cc1. The van der Waals surface area contributed by atoms with Crippen molar-refractivity contribution in [2.24, 2.45) is 0 Å². The zero-order chi connectivity index (χ0) is 31.6. The summed E-state index contributed by atoms with van der Waals surface area (Å²) >= 11 is 3.45. The molecule has 48 heavy (non-hydrogen) atoms. The molecule has 0 saturated heterocycles. The third-order valence-corrected chi connectivity index (χ3v) is 11.1. The van der Waals surface area contributed by atoms with Crippen LogP contribution < -0.4 is 0 Å². The molecule has 0 saturated carbocycles. The average molecular weight is 649 g/mol. The molecule has 10 rings (SSSR count). The van der Waals surface area contributed by atoms with Crippen molar-refractivity contribution < 1.29 is 0 Å². The summed E-state index contributed by atoms with van der Waals surface area (Å²) in [6, 6.07) is 51.0. The summed E-state index contributed by atoms with van der Waals surface area (Å²) in [5.74, 6) is 0.731. The molecule has 0 bridgehead atoms. The first-order valence-corrected chi connectivity index (χ1v) is 17.4. The molecule has 0 aliphatic rings. The second kappa shape index (κ2) is 10.9. The van der Waals surface area contributed by atoms with Crippen molar-refractivity contribution in [2.75, 3.05) is 0 Å². The Morgan fingerprint density at radius 1 is 0.375 bits per heavy atom. The van der Waals surface area contributed by atoms with E-state index in [1.807, 2.05) is 6.07 Å². The number of nitrogens with zero attached hydrogens (tertiary/aromatic N) is 4. The maximum atomic E-state index is 5.14. The molecular weight excluding hydrogens is 625 g/mol. The van der Waals surface area contributed by atoms with Gasteiger partial charge in [0, 0.05) is 31.3 Å². The van der Waals surface area contributed by atoms with E-state index in [1.165, 1.54) is 14.8 Å². The van der Waals surface area contributed by atoms with Crippen molar-refractivity contribution in [3.63, 3.8) is 0 Å². The largest absolute Gasteiger partial charge is 0.243 e. The first-order chi connectivity index (χ1) is 23.7. The van der Waals surface area contributed by atoms with Gasteiger partial charge in [0.05, 0.1) is 26.9 Å². The highest BCUT2D eigenvalue weighted by molar-refractivity contribution is 7.26. The summed E-state index contributed by atoms with van der Waals surface area (Å²) in [4.78, 5) is 21.3. The Labute approximate surface area is 283 Å². The lowest BCUT2D eigenvalue weighted by Crippen LogP contribution is -1.93. The minimum atomic E-state index is 0.731. The minimum Gasteiger partial charge on any atom is -0.243 e. The maximum Gasteiger partial charge on any atom is 0.160 e. The lowest BCUT2D eigenvalue weighted by molar-refractivity contribution is 1.24. The molecule has 0 N–H and O–H groups in total. The summed E-state index contributed by atoms with van der Waals surface area (Å²) in [5.41, 5.74) is 11.4. The number of fused-ring (bicyclic) bond motifs is 7. The highest BCUT2D eigenvalue weighted by atomic mass is 32.1. The molecule has 4 aromatic heterocycles. The van der Waals surface area contributed by atoms with Gasteiger partial charge in [0.25, 0.3) is 0 Å². The molecule has 224 valence electrons. The second-order valence-corrected chi connectivity index (χ2v) is 14.0. The third-order valence-electron chi connectivity index (χ3n) is 8.92. The molecule has 0 aliphatic carbocycles. The van der Waals surface area contributed by atoms with E-state index in [9.17, 15) is 0 Å². The lowest BCUT2D eigenvalue weighted by Gasteiger charge is -2.09. The van der Waals surface area contributed by atoms with Crippen LogP contribution in [-0.4, -0.2) is 19.9 Å². The normalized spacial score (nSPS) is 11.8. The highest BCUT2D eigenvalue weighted by Crippen LogP contribution is 2.40. The van der Waals surface area contributed by atoms with Crippen LogP contribution in [0.1, 0.15) is 0 Å². The van der Waals surface area contributed by atoms with Gasteiger partial charge in [0.15, 0.2) is 5.82 Å². The zero-order valence-electron chi connectivity index (χ0n) is 25.5. The van der Waals surface area contributed by atoms with Gasteiger partial charge in [-0.25, -0.2) is 19.9 Å². The van der Waals surface area contributed by atoms with Gasteiger partial charge in [-0.05, 0) is 52.6 Å². The van der Waals surface area contributed by atoms with Crippen LogP contribution in [0.25, 0.3) is 96.7 Å². The molecule has 0 amide bonds. The minimum absolute atomic E-state index is 0.731. The van der Waals surface area contributed by atoms with Gasteiger partial charge in [-0.3, -0.25) is 0 Å². The fourth-order valence-electron chi connectivity index (χ4n) is 6.52. The van der Waals surface area contributed by atoms with Crippen molar-refractivity contribution in [1.29, 1.82) is 0 Å². The fourth-order valence-corrected chi connectivity index (χ4v) is 8.70. The molecule has 0 spiro atoms. The van der Waals surface area contributed by atoms with E-state index in [0.29, 0.717) is 0 Å². The average Bonchev–Trinajstić information content (AvgIpc) is 3.71. The quantitative estimate of drug-likeness (QED) is 0.191. The lowest BCUT2D eigenvalue weighted by atomic mass is 9.98. The molecule has 0 unspecified atom stereocenters. The Balaban J connectivity index is 1.02. The van der Waals surface area contributed by atoms with Crippen molar-refractivity contribution in [1.82, 2.24) is 19.9 Å². The first-order valence-electron chi connectivity index (χ1n) is 15.8. The highest BCUT2D eigenvalue weighted by Gasteiger charge is 2.17. The Bertz CT molecular complexity index is 2840. The number of rotatable bonds is 4. The van der Waals surface area contributed by atoms with Gasteiger partial charge in [0.1, 0.15) is 10.3 Å². The number of hydrogen-bond acceptors (Lipinski definition) is 6. The van der Waals surface area contributed by atoms with Gasteiger partial charge >= 0.3 is 0 Å². The molecule has 4 heterocycles. The van der Waals surface area contributed by atoms with E-state index in [4.69, 9.17) is 19.9 Å². The first kappa shape index (κ1) is 27.3. The van der Waals surface area contributed by atoms with E-state index in [-0.39, 0.29) is 0 Å². The van der Waals surface area contributed by atoms with Gasteiger partial charge in [-0.15, -0.1) is 22.7 Å². The zero-order valence-corrected chi connectivity index (χ0v) is 27.1. The van der Waals surface area contributed by atoms with Crippen LogP contribution in [0.2, 0.25) is 0 Å². The molecule has 0 radical (unpaired) electrons. The smallest absolute Gasteiger partial charge is 0.160 e. The summed E-state index contributed by atoms with van der Waals surface area (Å²) in [7, 11) is 0. The molecule has 6 aromatic carbocycles. The number of aromatic nitrogens is 4. The molecule has 10 aromatic rings. The van der Waals surface area contributed by atoms with Crippen molar-refractivity contribution in [3.05, 3.63) is 146 Å². The van der Waals surface area contributed by atoms with Gasteiger partial charge in [0.2, 0.25) is 0 Å². The molecule has 0 aliphatic heterocycles. The molecule has 0 fully saturated rings. The second-order valence-electron chi connectivity index (χ2n) is 11.9. The van der Waals surface area contributed by atoms with E-state index in [0.717, 1.165) is 81.9 Å². The molecule has 0 atom stereocenters. The number of benzene rings is 6. The van der Waals surface area contributed by atoms with Crippen molar-refractivity contribution >= 4 is 74.4 Å². The van der Waals surface area contributed by atoms with Gasteiger partial charge < -0.3 is 0 Å². The van der Waals surface area contributed by atoms with E-state index in [1.54, 1.807) is 22.7 Å². The van der Waals surface area contributed by atoms with Gasteiger partial charge in [-0.1, -0.05) is 115 Å². The number of thiophene rings is 2. The maximum absolute atomic E-state index is 5.14. The van der Waals surface area contributed by atoms with Crippen LogP contribution in [0, 0.1) is 0 Å². The molecule has 6 heteroatoms. The van der Waals surface area contributed by atoms with Crippen LogP contribution >= 0.6 is 22.7 Å². The van der Waals surface area contributed by atoms with Crippen LogP contribution in [0.3, 0.4) is 0 Å². The summed E-state index contributed by atoms with van der Waals surface area (Å²) in [6.45, 7) is 0. The number of hydrogen-bond donors (Lipinski definition) is 0. The van der Waals surface area contributed by atoms with E-state index < -0.39 is 0 Å². The van der Waals surface area contributed by atoms with E-state index in [2.05, 4.69) is 140 Å². The standard InChI is InChI=1S/C42H24N4S2/c1-2-9-26(10-3-1)37-40-38(31-13-4-6-15-35(31)47-40)46-41(45-37)27-19-17-25(18-20-27)28-11-8-12-29(23-28)30-21-22-33-34(24-30)43-39-32-14-5-7-16-36(32)48-42(39)44-33/h1-24H. The Kier molecular flexibility index (Phi) is 6.19. The molecular formula is C42H24N4S2. The Morgan fingerprint density at radius 3 is 1.81 bits per heavy atom. The fraction of sp³-hybridized carbons (Fsp3) is 0. The Hall–Kier alpha value is -5.82.